The van der Waals surface area contributed by atoms with E-state index < -0.39 is 0 Å². The van der Waals surface area contributed by atoms with Gasteiger partial charge in [-0.25, -0.2) is 0 Å². The van der Waals surface area contributed by atoms with Crippen molar-refractivity contribution in [2.75, 3.05) is 26.7 Å². The van der Waals surface area contributed by atoms with Crippen molar-refractivity contribution in [3.8, 4) is 0 Å². The molecule has 1 saturated carbocycles. The number of hydrogen-bond acceptors (Lipinski definition) is 2. The van der Waals surface area contributed by atoms with Gasteiger partial charge >= 0.3 is 0 Å². The van der Waals surface area contributed by atoms with Gasteiger partial charge in [-0.05, 0) is 44.7 Å². The summed E-state index contributed by atoms with van der Waals surface area (Å²) in [5.41, 5.74) is 0. The Bertz CT molecular complexity index is 167. The molecule has 2 unspecified atom stereocenters. The number of piperidine rings is 1. The predicted molar refractivity (Wildman–Crippen MR) is 60.4 cm³/mol. The van der Waals surface area contributed by atoms with Gasteiger partial charge in [0.25, 0.3) is 0 Å². The smallest absolute Gasteiger partial charge is 0.0198 e. The maximum absolute atomic E-state index is 3.74. The number of nitrogens with zero attached hydrogens (tertiary/aromatic N) is 1. The van der Waals surface area contributed by atoms with Gasteiger partial charge in [-0.3, -0.25) is 0 Å². The molecular weight excluding hydrogens is 172 g/mol. The number of likely N-dealkylation sites (N-methyl/N-ethyl adjacent to an activating group) is 1. The Morgan fingerprint density at radius 2 is 2.07 bits per heavy atom. The van der Waals surface area contributed by atoms with Crippen LogP contribution < -0.4 is 5.32 Å². The minimum Gasteiger partial charge on any atom is -0.312 e. The van der Waals surface area contributed by atoms with Crippen molar-refractivity contribution in [1.82, 2.24) is 10.2 Å². The highest BCUT2D eigenvalue weighted by molar-refractivity contribution is 4.82. The molecule has 1 aliphatic carbocycles. The number of rotatable bonds is 3. The fraction of sp³-hybridized carbons (Fsp3) is 1.00. The minimum absolute atomic E-state index is 0.754. The van der Waals surface area contributed by atoms with E-state index in [0.29, 0.717) is 0 Å². The van der Waals surface area contributed by atoms with Gasteiger partial charge in [0, 0.05) is 19.1 Å². The van der Waals surface area contributed by atoms with Gasteiger partial charge < -0.3 is 10.2 Å². The van der Waals surface area contributed by atoms with Crippen molar-refractivity contribution < 1.29 is 0 Å². The fourth-order valence-electron chi connectivity index (χ4n) is 2.80. The van der Waals surface area contributed by atoms with Gasteiger partial charge in [0.05, 0.1) is 0 Å². The molecule has 1 aliphatic heterocycles. The summed E-state index contributed by atoms with van der Waals surface area (Å²) >= 11 is 0. The summed E-state index contributed by atoms with van der Waals surface area (Å²) in [5.74, 6) is 1.87. The van der Waals surface area contributed by atoms with Gasteiger partial charge in [0.15, 0.2) is 0 Å². The Kier molecular flexibility index (Phi) is 3.45. The van der Waals surface area contributed by atoms with Crippen molar-refractivity contribution in [2.24, 2.45) is 11.8 Å². The van der Waals surface area contributed by atoms with E-state index in [1.807, 2.05) is 0 Å². The molecule has 0 amide bonds. The van der Waals surface area contributed by atoms with E-state index in [1.165, 1.54) is 45.3 Å². The highest BCUT2D eigenvalue weighted by Gasteiger charge is 2.24. The second kappa shape index (κ2) is 4.63. The fourth-order valence-corrected chi connectivity index (χ4v) is 2.80. The summed E-state index contributed by atoms with van der Waals surface area (Å²) in [6.07, 6.45) is 5.76. The quantitative estimate of drug-likeness (QED) is 0.739. The van der Waals surface area contributed by atoms with Crippen LogP contribution in [0.3, 0.4) is 0 Å². The molecule has 2 nitrogen and oxygen atoms in total. The first kappa shape index (κ1) is 10.4. The normalized spacial score (nSPS) is 35.6. The summed E-state index contributed by atoms with van der Waals surface area (Å²) in [5, 5.41) is 3.74. The lowest BCUT2D eigenvalue weighted by molar-refractivity contribution is 0.168. The zero-order valence-electron chi connectivity index (χ0n) is 9.63. The van der Waals surface area contributed by atoms with Crippen LogP contribution in [-0.2, 0) is 0 Å². The van der Waals surface area contributed by atoms with Crippen LogP contribution in [0.2, 0.25) is 0 Å². The number of hydrogen-bond donors (Lipinski definition) is 1. The molecule has 0 aromatic rings. The molecule has 0 bridgehead atoms. The Morgan fingerprint density at radius 3 is 2.64 bits per heavy atom. The molecule has 14 heavy (non-hydrogen) atoms. The number of nitrogens with one attached hydrogen (secondary N) is 1. The van der Waals surface area contributed by atoms with E-state index in [9.17, 15) is 0 Å². The average Bonchev–Trinajstić information content (AvgIpc) is 1.99. The van der Waals surface area contributed by atoms with E-state index in [1.54, 1.807) is 0 Å². The Hall–Kier alpha value is -0.0800. The lowest BCUT2D eigenvalue weighted by Gasteiger charge is -2.36. The second-order valence-corrected chi connectivity index (χ2v) is 5.46. The number of likely N-dealkylation sites (tertiary alicyclic amines) is 1. The molecule has 0 aromatic heterocycles. The highest BCUT2D eigenvalue weighted by atomic mass is 15.1. The van der Waals surface area contributed by atoms with Crippen molar-refractivity contribution in [1.29, 1.82) is 0 Å². The van der Waals surface area contributed by atoms with Crippen LogP contribution in [0.25, 0.3) is 0 Å². The summed E-state index contributed by atoms with van der Waals surface area (Å²) in [6.45, 7) is 6.16. The molecule has 2 rings (SSSR count). The highest BCUT2D eigenvalue weighted by Crippen LogP contribution is 2.25. The van der Waals surface area contributed by atoms with Crippen LogP contribution in [0.15, 0.2) is 0 Å². The van der Waals surface area contributed by atoms with Crippen molar-refractivity contribution >= 4 is 0 Å². The third kappa shape index (κ3) is 2.71. The van der Waals surface area contributed by atoms with E-state index in [4.69, 9.17) is 0 Å². The monoisotopic (exact) mass is 196 g/mol. The standard InChI is InChI=1S/C12H24N2/c1-10-6-12(9-14(2)8-10)13-7-11-4-3-5-11/h10-13H,3-9H2,1-2H3. The zero-order chi connectivity index (χ0) is 9.97. The largest absolute Gasteiger partial charge is 0.312 e. The van der Waals surface area contributed by atoms with Gasteiger partial charge in [0.1, 0.15) is 0 Å². The molecule has 1 N–H and O–H groups in total. The van der Waals surface area contributed by atoms with E-state index in [-0.39, 0.29) is 0 Å². The first-order valence-corrected chi connectivity index (χ1v) is 6.16. The Balaban J connectivity index is 1.68. The molecule has 1 heterocycles. The topological polar surface area (TPSA) is 15.3 Å². The molecule has 2 atom stereocenters. The third-order valence-corrected chi connectivity index (χ3v) is 3.76. The summed E-state index contributed by atoms with van der Waals surface area (Å²) in [7, 11) is 2.24. The van der Waals surface area contributed by atoms with Crippen molar-refractivity contribution in [3.63, 3.8) is 0 Å². The summed E-state index contributed by atoms with van der Waals surface area (Å²) < 4.78 is 0. The molecule has 2 fully saturated rings. The average molecular weight is 196 g/mol. The summed E-state index contributed by atoms with van der Waals surface area (Å²) in [6, 6.07) is 0.754. The third-order valence-electron chi connectivity index (χ3n) is 3.76. The first-order valence-electron chi connectivity index (χ1n) is 6.16. The molecule has 1 saturated heterocycles. The van der Waals surface area contributed by atoms with Crippen LogP contribution >= 0.6 is 0 Å². The summed E-state index contributed by atoms with van der Waals surface area (Å²) in [4.78, 5) is 2.46. The first-order chi connectivity index (χ1) is 6.74. The molecular formula is C12H24N2. The molecule has 2 heteroatoms. The van der Waals surface area contributed by atoms with Crippen LogP contribution in [0, 0.1) is 11.8 Å². The molecule has 0 spiro atoms. The van der Waals surface area contributed by atoms with Gasteiger partial charge in [-0.1, -0.05) is 13.3 Å². The lowest BCUT2D eigenvalue weighted by Crippen LogP contribution is -2.48. The maximum Gasteiger partial charge on any atom is 0.0198 e. The van der Waals surface area contributed by atoms with E-state index in [0.717, 1.165) is 17.9 Å². The molecule has 2 aliphatic rings. The lowest BCUT2D eigenvalue weighted by atomic mass is 9.85. The molecule has 0 aromatic carbocycles. The van der Waals surface area contributed by atoms with Crippen molar-refractivity contribution in [3.05, 3.63) is 0 Å². The predicted octanol–water partition coefficient (Wildman–Crippen LogP) is 1.72. The van der Waals surface area contributed by atoms with Gasteiger partial charge in [0.2, 0.25) is 0 Å². The molecule has 82 valence electrons. The molecule has 0 radical (unpaired) electrons. The SMILES string of the molecule is CC1CC(NCC2CCC2)CN(C)C1. The second-order valence-electron chi connectivity index (χ2n) is 5.46. The Morgan fingerprint density at radius 1 is 1.29 bits per heavy atom. The maximum atomic E-state index is 3.74. The van der Waals surface area contributed by atoms with Crippen molar-refractivity contribution in [2.45, 2.75) is 38.6 Å². The van der Waals surface area contributed by atoms with Crippen LogP contribution in [0.1, 0.15) is 32.6 Å². The van der Waals surface area contributed by atoms with Crippen LogP contribution in [0.5, 0.6) is 0 Å². The Labute approximate surface area is 88.1 Å². The van der Waals surface area contributed by atoms with Crippen LogP contribution in [-0.4, -0.2) is 37.6 Å². The van der Waals surface area contributed by atoms with Gasteiger partial charge in [-0.2, -0.15) is 0 Å². The van der Waals surface area contributed by atoms with E-state index in [2.05, 4.69) is 24.2 Å². The zero-order valence-corrected chi connectivity index (χ0v) is 9.63. The minimum atomic E-state index is 0.754. The van der Waals surface area contributed by atoms with E-state index >= 15 is 0 Å². The van der Waals surface area contributed by atoms with Crippen LogP contribution in [0.4, 0.5) is 0 Å². The van der Waals surface area contributed by atoms with Gasteiger partial charge in [-0.15, -0.1) is 0 Å².